The van der Waals surface area contributed by atoms with Gasteiger partial charge in [-0.3, -0.25) is 0 Å². The molecule has 15 heavy (non-hydrogen) atoms. The van der Waals surface area contributed by atoms with Gasteiger partial charge in [-0.05, 0) is 18.6 Å². The molecule has 0 radical (unpaired) electrons. The summed E-state index contributed by atoms with van der Waals surface area (Å²) in [7, 11) is 0. The van der Waals surface area contributed by atoms with Gasteiger partial charge >= 0.3 is 0 Å². The molecule has 0 saturated carbocycles. The topological polar surface area (TPSA) is 52.0 Å². The lowest BCUT2D eigenvalue weighted by atomic mass is 10.1. The summed E-state index contributed by atoms with van der Waals surface area (Å²) in [6, 6.07) is 8.67. The molecule has 0 bridgehead atoms. The average Bonchev–Trinajstić information content (AvgIpc) is 2.65. The quantitative estimate of drug-likeness (QED) is 0.821. The Morgan fingerprint density at radius 1 is 1.40 bits per heavy atom. The Balaban J connectivity index is 2.41. The second kappa shape index (κ2) is 3.73. The number of rotatable bonds is 2. The van der Waals surface area contributed by atoms with Crippen LogP contribution in [0.4, 0.5) is 10.2 Å². The van der Waals surface area contributed by atoms with Crippen molar-refractivity contribution in [3.05, 3.63) is 35.9 Å². The molecule has 0 aliphatic carbocycles. The summed E-state index contributed by atoms with van der Waals surface area (Å²) in [5, 5.41) is 3.58. The van der Waals surface area contributed by atoms with E-state index in [2.05, 4.69) is 5.16 Å². The van der Waals surface area contributed by atoms with Gasteiger partial charge in [-0.25, -0.2) is 4.39 Å². The van der Waals surface area contributed by atoms with E-state index in [1.54, 1.807) is 24.3 Å². The Bertz CT molecular complexity index is 465. The van der Waals surface area contributed by atoms with Crippen LogP contribution in [0, 0.1) is 0 Å². The fraction of sp³-hybridized carbons (Fsp3) is 0.182. The van der Waals surface area contributed by atoms with Crippen LogP contribution in [0.1, 0.15) is 18.7 Å². The molecule has 0 saturated heterocycles. The van der Waals surface area contributed by atoms with Gasteiger partial charge in [0, 0.05) is 11.6 Å². The highest BCUT2D eigenvalue weighted by Gasteiger charge is 2.08. The minimum absolute atomic E-state index is 0.323. The predicted molar refractivity (Wildman–Crippen MR) is 55.9 cm³/mol. The molecule has 2 N–H and O–H groups in total. The van der Waals surface area contributed by atoms with Gasteiger partial charge in [-0.15, -0.1) is 0 Å². The maximum Gasteiger partial charge on any atom is 0.169 e. The lowest BCUT2D eigenvalue weighted by Crippen LogP contribution is -1.85. The Labute approximate surface area is 86.7 Å². The molecule has 1 unspecified atom stereocenters. The summed E-state index contributed by atoms with van der Waals surface area (Å²) >= 11 is 0. The van der Waals surface area contributed by atoms with Crippen LogP contribution in [0.3, 0.4) is 0 Å². The number of hydrogen-bond donors (Lipinski definition) is 1. The van der Waals surface area contributed by atoms with E-state index in [0.29, 0.717) is 17.1 Å². The lowest BCUT2D eigenvalue weighted by Gasteiger charge is -2.03. The molecule has 0 aliphatic rings. The molecule has 2 aromatic rings. The fourth-order valence-electron chi connectivity index (χ4n) is 1.36. The number of benzene rings is 1. The van der Waals surface area contributed by atoms with E-state index in [1.807, 2.05) is 6.07 Å². The summed E-state index contributed by atoms with van der Waals surface area (Å²) in [6.45, 7) is 1.49. The van der Waals surface area contributed by atoms with E-state index >= 15 is 0 Å². The SMILES string of the molecule is CC(F)c1cccc(-c2cc(N)no2)c1. The van der Waals surface area contributed by atoms with E-state index in [9.17, 15) is 4.39 Å². The zero-order valence-electron chi connectivity index (χ0n) is 8.27. The Morgan fingerprint density at radius 2 is 2.20 bits per heavy atom. The van der Waals surface area contributed by atoms with Gasteiger partial charge in [0.1, 0.15) is 6.17 Å². The number of hydrogen-bond acceptors (Lipinski definition) is 3. The second-order valence-corrected chi connectivity index (χ2v) is 3.36. The van der Waals surface area contributed by atoms with Crippen molar-refractivity contribution >= 4 is 5.82 Å². The molecule has 0 fully saturated rings. The lowest BCUT2D eigenvalue weighted by molar-refractivity contribution is 0.374. The molecule has 3 nitrogen and oxygen atoms in total. The minimum atomic E-state index is -0.995. The van der Waals surface area contributed by atoms with Crippen LogP contribution in [0.25, 0.3) is 11.3 Å². The molecule has 0 amide bonds. The van der Waals surface area contributed by atoms with Crippen LogP contribution in [-0.4, -0.2) is 5.16 Å². The molecular formula is C11H11FN2O. The van der Waals surface area contributed by atoms with Gasteiger partial charge in [0.2, 0.25) is 0 Å². The van der Waals surface area contributed by atoms with Gasteiger partial charge in [0.25, 0.3) is 0 Å². The Hall–Kier alpha value is -1.84. The summed E-state index contributed by atoms with van der Waals surface area (Å²) in [5.74, 6) is 0.874. The summed E-state index contributed by atoms with van der Waals surface area (Å²) in [6.07, 6.45) is -0.995. The highest BCUT2D eigenvalue weighted by molar-refractivity contribution is 5.60. The third-order valence-corrected chi connectivity index (χ3v) is 2.16. The standard InChI is InChI=1S/C11H11FN2O/c1-7(12)8-3-2-4-9(5-8)10-6-11(13)14-15-10/h2-7H,1H3,(H2,13,14). The molecule has 1 atom stereocenters. The van der Waals surface area contributed by atoms with Gasteiger partial charge in [-0.1, -0.05) is 23.4 Å². The average molecular weight is 206 g/mol. The molecule has 0 spiro atoms. The molecular weight excluding hydrogens is 195 g/mol. The third-order valence-electron chi connectivity index (χ3n) is 2.16. The van der Waals surface area contributed by atoms with E-state index < -0.39 is 6.17 Å². The monoisotopic (exact) mass is 206 g/mol. The van der Waals surface area contributed by atoms with E-state index in [-0.39, 0.29) is 0 Å². The van der Waals surface area contributed by atoms with Crippen molar-refractivity contribution in [2.75, 3.05) is 5.73 Å². The molecule has 0 aliphatic heterocycles. The largest absolute Gasteiger partial charge is 0.381 e. The first kappa shape index (κ1) is 9.71. The Morgan fingerprint density at radius 3 is 2.80 bits per heavy atom. The second-order valence-electron chi connectivity index (χ2n) is 3.36. The van der Waals surface area contributed by atoms with Gasteiger partial charge in [0.05, 0.1) is 0 Å². The highest BCUT2D eigenvalue weighted by atomic mass is 19.1. The highest BCUT2D eigenvalue weighted by Crippen LogP contribution is 2.25. The minimum Gasteiger partial charge on any atom is -0.381 e. The van der Waals surface area contributed by atoms with Crippen molar-refractivity contribution in [3.63, 3.8) is 0 Å². The fourth-order valence-corrected chi connectivity index (χ4v) is 1.36. The van der Waals surface area contributed by atoms with Crippen molar-refractivity contribution < 1.29 is 8.91 Å². The van der Waals surface area contributed by atoms with Gasteiger partial charge in [-0.2, -0.15) is 0 Å². The smallest absolute Gasteiger partial charge is 0.169 e. The van der Waals surface area contributed by atoms with Crippen molar-refractivity contribution in [3.8, 4) is 11.3 Å². The Kier molecular flexibility index (Phi) is 2.41. The number of nitrogens with two attached hydrogens (primary N) is 1. The first-order chi connectivity index (χ1) is 7.16. The van der Waals surface area contributed by atoms with Crippen LogP contribution >= 0.6 is 0 Å². The van der Waals surface area contributed by atoms with Crippen molar-refractivity contribution in [2.24, 2.45) is 0 Å². The molecule has 2 rings (SSSR count). The number of halogens is 1. The van der Waals surface area contributed by atoms with Crippen molar-refractivity contribution in [1.82, 2.24) is 5.16 Å². The molecule has 1 heterocycles. The predicted octanol–water partition coefficient (Wildman–Crippen LogP) is 2.95. The summed E-state index contributed by atoms with van der Waals surface area (Å²) < 4.78 is 18.1. The maximum absolute atomic E-state index is 13.1. The number of nitrogen functional groups attached to an aromatic ring is 1. The number of aromatic nitrogens is 1. The van der Waals surface area contributed by atoms with Gasteiger partial charge in [0.15, 0.2) is 11.6 Å². The number of anilines is 1. The van der Waals surface area contributed by atoms with Gasteiger partial charge < -0.3 is 10.3 Å². The van der Waals surface area contributed by atoms with Crippen LogP contribution < -0.4 is 5.73 Å². The van der Waals surface area contributed by atoms with Crippen molar-refractivity contribution in [2.45, 2.75) is 13.1 Å². The van der Waals surface area contributed by atoms with E-state index in [0.717, 1.165) is 5.56 Å². The molecule has 78 valence electrons. The normalized spacial score (nSPS) is 12.7. The first-order valence-electron chi connectivity index (χ1n) is 4.63. The maximum atomic E-state index is 13.1. The van der Waals surface area contributed by atoms with E-state index in [4.69, 9.17) is 10.3 Å². The third kappa shape index (κ3) is 1.98. The molecule has 1 aromatic carbocycles. The van der Waals surface area contributed by atoms with Crippen molar-refractivity contribution in [1.29, 1.82) is 0 Å². The first-order valence-corrected chi connectivity index (χ1v) is 4.63. The summed E-state index contributed by atoms with van der Waals surface area (Å²) in [5.41, 5.74) is 6.83. The zero-order chi connectivity index (χ0) is 10.8. The number of alkyl halides is 1. The zero-order valence-corrected chi connectivity index (χ0v) is 8.27. The molecule has 1 aromatic heterocycles. The van der Waals surface area contributed by atoms with E-state index in [1.165, 1.54) is 6.92 Å². The van der Waals surface area contributed by atoms with Crippen LogP contribution in [0.15, 0.2) is 34.9 Å². The van der Waals surface area contributed by atoms with Crippen LogP contribution in [0.5, 0.6) is 0 Å². The summed E-state index contributed by atoms with van der Waals surface area (Å²) in [4.78, 5) is 0. The van der Waals surface area contributed by atoms with Crippen LogP contribution in [-0.2, 0) is 0 Å². The number of nitrogens with zero attached hydrogens (tertiary/aromatic N) is 1. The van der Waals surface area contributed by atoms with Crippen LogP contribution in [0.2, 0.25) is 0 Å². The molecule has 4 heteroatoms.